The van der Waals surface area contributed by atoms with Gasteiger partial charge in [0, 0.05) is 25.2 Å². The van der Waals surface area contributed by atoms with Crippen molar-refractivity contribution in [2.24, 2.45) is 5.73 Å². The molecular formula is C24H23ClNO7PS. The number of hydrogen-bond donors (Lipinski definition) is 4. The second-order valence-corrected chi connectivity index (χ2v) is 11.0. The molecule has 0 saturated heterocycles. The lowest BCUT2D eigenvalue weighted by molar-refractivity contribution is 0.102. The number of benzene rings is 3. The Labute approximate surface area is 209 Å². The summed E-state index contributed by atoms with van der Waals surface area (Å²) in [5.41, 5.74) is 5.39. The standard InChI is InChI=1S/C24H23ClNO7PS/c25-16-2-4-17(5-3-16)33-18-6-8-22-20(12-18)23(28)19-11-15(1-7-21(19)35-22)9-10-24(26,13-27)14-32-34(29,30)31/h1-8,11-12,27H,9-10,13-14,26H2,(H2,29,30,31). The van der Waals surface area contributed by atoms with E-state index in [2.05, 4.69) is 4.52 Å². The maximum atomic E-state index is 13.3. The van der Waals surface area contributed by atoms with Crippen molar-refractivity contribution in [3.63, 3.8) is 0 Å². The summed E-state index contributed by atoms with van der Waals surface area (Å²) in [6.07, 6.45) is 0.568. The summed E-state index contributed by atoms with van der Waals surface area (Å²) in [7, 11) is -4.71. The smallest absolute Gasteiger partial charge is 0.457 e. The number of halogens is 1. The third-order valence-electron chi connectivity index (χ3n) is 5.50. The van der Waals surface area contributed by atoms with Gasteiger partial charge in [0.15, 0.2) is 5.43 Å². The molecule has 184 valence electrons. The van der Waals surface area contributed by atoms with Crippen molar-refractivity contribution in [3.05, 3.63) is 81.5 Å². The van der Waals surface area contributed by atoms with Gasteiger partial charge in [-0.15, -0.1) is 11.3 Å². The van der Waals surface area contributed by atoms with Crippen LogP contribution in [0.5, 0.6) is 11.5 Å². The first kappa shape index (κ1) is 25.8. The first-order valence-electron chi connectivity index (χ1n) is 10.6. The number of rotatable bonds is 9. The molecule has 0 aliphatic rings. The molecule has 1 heterocycles. The van der Waals surface area contributed by atoms with E-state index >= 15 is 0 Å². The summed E-state index contributed by atoms with van der Waals surface area (Å²) in [5, 5.41) is 11.3. The van der Waals surface area contributed by atoms with E-state index < -0.39 is 26.6 Å². The van der Waals surface area contributed by atoms with Gasteiger partial charge < -0.3 is 25.4 Å². The van der Waals surface area contributed by atoms with Gasteiger partial charge in [0.1, 0.15) is 11.5 Å². The van der Waals surface area contributed by atoms with Crippen LogP contribution in [0, 0.1) is 0 Å². The number of phosphoric acid groups is 1. The van der Waals surface area contributed by atoms with Gasteiger partial charge in [-0.3, -0.25) is 9.32 Å². The van der Waals surface area contributed by atoms with E-state index in [-0.39, 0.29) is 11.8 Å². The van der Waals surface area contributed by atoms with Gasteiger partial charge in [-0.25, -0.2) is 4.57 Å². The van der Waals surface area contributed by atoms with E-state index in [9.17, 15) is 14.5 Å². The van der Waals surface area contributed by atoms with Gasteiger partial charge in [0.2, 0.25) is 0 Å². The van der Waals surface area contributed by atoms with E-state index in [0.29, 0.717) is 33.7 Å². The minimum atomic E-state index is -4.71. The molecule has 11 heteroatoms. The minimum absolute atomic E-state index is 0.136. The highest BCUT2D eigenvalue weighted by Gasteiger charge is 2.28. The monoisotopic (exact) mass is 535 g/mol. The number of phosphoric ester groups is 1. The van der Waals surface area contributed by atoms with Crippen molar-refractivity contribution in [1.82, 2.24) is 0 Å². The lowest BCUT2D eigenvalue weighted by Crippen LogP contribution is -2.48. The first-order valence-corrected chi connectivity index (χ1v) is 13.3. The van der Waals surface area contributed by atoms with Crippen molar-refractivity contribution >= 4 is 50.9 Å². The van der Waals surface area contributed by atoms with E-state index in [4.69, 9.17) is 31.9 Å². The second-order valence-electron chi connectivity index (χ2n) is 8.26. The SMILES string of the molecule is NC(CO)(CCc1ccc2sc3ccc(Oc4ccc(Cl)cc4)cc3c(=O)c2c1)COP(=O)(O)O. The fourth-order valence-electron chi connectivity index (χ4n) is 3.54. The van der Waals surface area contributed by atoms with Crippen molar-refractivity contribution < 1.29 is 28.7 Å². The summed E-state index contributed by atoms with van der Waals surface area (Å²) in [5.74, 6) is 1.13. The molecule has 3 aromatic carbocycles. The lowest BCUT2D eigenvalue weighted by atomic mass is 9.93. The Kier molecular flexibility index (Phi) is 7.61. The quantitative estimate of drug-likeness (QED) is 0.180. The summed E-state index contributed by atoms with van der Waals surface area (Å²) in [4.78, 5) is 31.2. The number of aliphatic hydroxyl groups is 1. The third kappa shape index (κ3) is 6.46. The Hall–Kier alpha value is -2.33. The molecule has 4 aromatic rings. The van der Waals surface area contributed by atoms with Crippen LogP contribution in [0.3, 0.4) is 0 Å². The van der Waals surface area contributed by atoms with Crippen LogP contribution in [0.2, 0.25) is 5.02 Å². The highest BCUT2D eigenvalue weighted by Crippen LogP contribution is 2.37. The molecule has 0 amide bonds. The molecule has 0 saturated carbocycles. The number of nitrogens with two attached hydrogens (primary N) is 1. The number of hydrogen-bond acceptors (Lipinski definition) is 7. The van der Waals surface area contributed by atoms with E-state index in [0.717, 1.165) is 15.0 Å². The van der Waals surface area contributed by atoms with E-state index in [1.807, 2.05) is 24.3 Å². The van der Waals surface area contributed by atoms with Crippen molar-refractivity contribution in [1.29, 1.82) is 0 Å². The molecule has 0 aliphatic heterocycles. The molecule has 35 heavy (non-hydrogen) atoms. The van der Waals surface area contributed by atoms with Crippen LogP contribution in [0.4, 0.5) is 0 Å². The van der Waals surface area contributed by atoms with Crippen molar-refractivity contribution in [2.45, 2.75) is 18.4 Å². The number of aryl methyl sites for hydroxylation is 1. The van der Waals surface area contributed by atoms with Gasteiger partial charge >= 0.3 is 7.82 Å². The molecule has 1 atom stereocenters. The Morgan fingerprint density at radius 1 is 0.971 bits per heavy atom. The number of fused-ring (bicyclic) bond motifs is 2. The molecule has 0 fully saturated rings. The van der Waals surface area contributed by atoms with Crippen LogP contribution in [-0.4, -0.2) is 33.6 Å². The van der Waals surface area contributed by atoms with Crippen LogP contribution in [0.15, 0.2) is 65.5 Å². The second kappa shape index (κ2) is 10.3. The zero-order chi connectivity index (χ0) is 25.2. The zero-order valence-corrected chi connectivity index (χ0v) is 20.9. The van der Waals surface area contributed by atoms with Gasteiger partial charge in [-0.05, 0) is 73.0 Å². The Morgan fingerprint density at radius 3 is 2.26 bits per heavy atom. The zero-order valence-electron chi connectivity index (χ0n) is 18.4. The molecule has 0 radical (unpaired) electrons. The van der Waals surface area contributed by atoms with E-state index in [1.165, 1.54) is 11.3 Å². The summed E-state index contributed by atoms with van der Waals surface area (Å²) >= 11 is 7.40. The molecule has 0 spiro atoms. The van der Waals surface area contributed by atoms with Gasteiger partial charge in [0.05, 0.1) is 18.8 Å². The largest absolute Gasteiger partial charge is 0.469 e. The predicted molar refractivity (Wildman–Crippen MR) is 137 cm³/mol. The molecule has 1 unspecified atom stereocenters. The molecule has 8 nitrogen and oxygen atoms in total. The van der Waals surface area contributed by atoms with Crippen LogP contribution < -0.4 is 15.9 Å². The van der Waals surface area contributed by atoms with Crippen molar-refractivity contribution in [2.75, 3.05) is 13.2 Å². The molecule has 4 rings (SSSR count). The molecule has 1 aromatic heterocycles. The van der Waals surface area contributed by atoms with Crippen LogP contribution in [0.1, 0.15) is 12.0 Å². The van der Waals surface area contributed by atoms with Gasteiger partial charge in [-0.1, -0.05) is 17.7 Å². The van der Waals surface area contributed by atoms with Crippen molar-refractivity contribution in [3.8, 4) is 11.5 Å². The number of ether oxygens (including phenoxy) is 1. The fourth-order valence-corrected chi connectivity index (χ4v) is 5.13. The molecular weight excluding hydrogens is 513 g/mol. The van der Waals surface area contributed by atoms with Crippen LogP contribution in [-0.2, 0) is 15.5 Å². The Morgan fingerprint density at radius 2 is 1.60 bits per heavy atom. The van der Waals surface area contributed by atoms with Gasteiger partial charge in [-0.2, -0.15) is 0 Å². The van der Waals surface area contributed by atoms with Crippen LogP contribution in [0.25, 0.3) is 20.2 Å². The lowest BCUT2D eigenvalue weighted by Gasteiger charge is -2.27. The number of aliphatic hydroxyl groups excluding tert-OH is 1. The minimum Gasteiger partial charge on any atom is -0.457 e. The summed E-state index contributed by atoms with van der Waals surface area (Å²) < 4.78 is 23.0. The fraction of sp³-hybridized carbons (Fsp3) is 0.208. The average Bonchev–Trinajstić information content (AvgIpc) is 2.83. The topological polar surface area (TPSA) is 139 Å². The van der Waals surface area contributed by atoms with Gasteiger partial charge in [0.25, 0.3) is 0 Å². The molecule has 0 aliphatic carbocycles. The highest BCUT2D eigenvalue weighted by molar-refractivity contribution is 7.46. The maximum absolute atomic E-state index is 13.3. The predicted octanol–water partition coefficient (Wildman–Crippen LogP) is 4.59. The molecule has 5 N–H and O–H groups in total. The Balaban J connectivity index is 1.60. The normalized spacial score (nSPS) is 13.7. The molecule has 0 bridgehead atoms. The Bertz CT molecular complexity index is 1470. The third-order valence-corrected chi connectivity index (χ3v) is 7.37. The van der Waals surface area contributed by atoms with Crippen LogP contribution >= 0.6 is 30.8 Å². The maximum Gasteiger partial charge on any atom is 0.469 e. The van der Waals surface area contributed by atoms with E-state index in [1.54, 1.807) is 36.4 Å². The first-order chi connectivity index (χ1) is 16.5. The summed E-state index contributed by atoms with van der Waals surface area (Å²) in [6.45, 7) is -1.02. The summed E-state index contributed by atoms with van der Waals surface area (Å²) in [6, 6.07) is 17.8. The average molecular weight is 536 g/mol. The highest BCUT2D eigenvalue weighted by atomic mass is 35.5.